The monoisotopic (exact) mass is 386 g/mol. The van der Waals surface area contributed by atoms with Crippen molar-refractivity contribution in [3.63, 3.8) is 0 Å². The first-order valence-electron chi connectivity index (χ1n) is 10.1. The van der Waals surface area contributed by atoms with Crippen LogP contribution in [0.2, 0.25) is 0 Å². The first-order chi connectivity index (χ1) is 13.1. The molecule has 2 fully saturated rings. The van der Waals surface area contributed by atoms with Gasteiger partial charge in [0.2, 0.25) is 5.91 Å². The summed E-state index contributed by atoms with van der Waals surface area (Å²) >= 11 is 0. The number of nitrogens with zero attached hydrogens (tertiary/aromatic N) is 1. The smallest absolute Gasteiger partial charge is 0.410 e. The molecule has 1 aromatic carbocycles. The molecule has 0 bridgehead atoms. The van der Waals surface area contributed by atoms with Crippen molar-refractivity contribution in [1.29, 1.82) is 0 Å². The highest BCUT2D eigenvalue weighted by atomic mass is 16.6. The maximum absolute atomic E-state index is 12.9. The predicted octanol–water partition coefficient (Wildman–Crippen LogP) is 3.17. The van der Waals surface area contributed by atoms with E-state index in [1.54, 1.807) is 4.90 Å². The number of carbonyl (C=O) groups is 2. The fourth-order valence-corrected chi connectivity index (χ4v) is 4.64. The van der Waals surface area contributed by atoms with Crippen LogP contribution in [0.25, 0.3) is 0 Å². The molecule has 6 heteroatoms. The third-order valence-electron chi connectivity index (χ3n) is 6.16. The van der Waals surface area contributed by atoms with Gasteiger partial charge in [-0.25, -0.2) is 4.79 Å². The number of amides is 2. The Balaban J connectivity index is 1.34. The lowest BCUT2D eigenvalue weighted by atomic mass is 9.83. The number of likely N-dealkylation sites (tertiary alicyclic amines) is 1. The molecule has 152 valence electrons. The summed E-state index contributed by atoms with van der Waals surface area (Å²) in [5, 5.41) is 3.26. The number of ether oxygens (including phenoxy) is 2. The van der Waals surface area contributed by atoms with E-state index in [0.29, 0.717) is 19.7 Å². The lowest BCUT2D eigenvalue weighted by Gasteiger charge is -2.32. The molecule has 28 heavy (non-hydrogen) atoms. The number of nitrogens with one attached hydrogen (secondary N) is 1. The van der Waals surface area contributed by atoms with E-state index < -0.39 is 11.1 Å². The molecule has 4 rings (SSSR count). The summed E-state index contributed by atoms with van der Waals surface area (Å²) in [6, 6.07) is 8.03. The fraction of sp³-hybridized carbons (Fsp3) is 0.636. The van der Waals surface area contributed by atoms with Gasteiger partial charge in [-0.3, -0.25) is 4.79 Å². The number of hydrogen-bond acceptors (Lipinski definition) is 4. The first-order valence-corrected chi connectivity index (χ1v) is 10.1. The second-order valence-corrected chi connectivity index (χ2v) is 9.85. The van der Waals surface area contributed by atoms with E-state index in [2.05, 4.69) is 25.2 Å². The van der Waals surface area contributed by atoms with Crippen LogP contribution in [0.5, 0.6) is 5.75 Å². The molecule has 1 aromatic rings. The van der Waals surface area contributed by atoms with Crippen LogP contribution in [-0.4, -0.2) is 47.7 Å². The number of rotatable bonds is 3. The van der Waals surface area contributed by atoms with Crippen molar-refractivity contribution in [2.75, 3.05) is 19.7 Å². The van der Waals surface area contributed by atoms with Gasteiger partial charge < -0.3 is 19.7 Å². The van der Waals surface area contributed by atoms with Crippen LogP contribution in [0.15, 0.2) is 24.3 Å². The maximum Gasteiger partial charge on any atom is 0.410 e. The summed E-state index contributed by atoms with van der Waals surface area (Å²) < 4.78 is 11.2. The maximum atomic E-state index is 12.9. The lowest BCUT2D eigenvalue weighted by Crippen LogP contribution is -2.50. The van der Waals surface area contributed by atoms with Crippen LogP contribution in [-0.2, 0) is 9.53 Å². The molecule has 0 spiro atoms. The van der Waals surface area contributed by atoms with E-state index in [1.807, 2.05) is 39.0 Å². The Bertz CT molecular complexity index is 786. The fourth-order valence-electron chi connectivity index (χ4n) is 4.64. The molecule has 0 aromatic heterocycles. The molecule has 1 saturated heterocycles. The van der Waals surface area contributed by atoms with Crippen LogP contribution in [0.1, 0.15) is 46.1 Å². The number of piperidine rings is 1. The molecule has 2 amide bonds. The van der Waals surface area contributed by atoms with Crippen molar-refractivity contribution >= 4 is 12.0 Å². The van der Waals surface area contributed by atoms with Gasteiger partial charge in [-0.2, -0.15) is 0 Å². The first kappa shape index (κ1) is 19.1. The Labute approximate surface area is 166 Å². The Morgan fingerprint density at radius 1 is 1.11 bits per heavy atom. The van der Waals surface area contributed by atoms with Crippen LogP contribution < -0.4 is 10.1 Å². The van der Waals surface area contributed by atoms with Crippen molar-refractivity contribution in [3.05, 3.63) is 29.8 Å². The van der Waals surface area contributed by atoms with Gasteiger partial charge in [0.05, 0.1) is 6.61 Å². The molecule has 0 radical (unpaired) electrons. The molecular formula is C22H30N2O4. The Morgan fingerprint density at radius 2 is 1.75 bits per heavy atom. The Hall–Kier alpha value is -2.24. The third kappa shape index (κ3) is 3.45. The van der Waals surface area contributed by atoms with Gasteiger partial charge in [0.25, 0.3) is 0 Å². The summed E-state index contributed by atoms with van der Waals surface area (Å²) in [5.74, 6) is 1.62. The zero-order valence-corrected chi connectivity index (χ0v) is 17.3. The number of carbonyl (C=O) groups excluding carboxylic acids is 2. The molecule has 1 aliphatic carbocycles. The third-order valence-corrected chi connectivity index (χ3v) is 6.16. The molecule has 6 nitrogen and oxygen atoms in total. The van der Waals surface area contributed by atoms with Crippen LogP contribution in [0.3, 0.4) is 0 Å². The highest BCUT2D eigenvalue weighted by Crippen LogP contribution is 2.52. The largest absolute Gasteiger partial charge is 0.493 e. The van der Waals surface area contributed by atoms with E-state index >= 15 is 0 Å². The Morgan fingerprint density at radius 3 is 2.39 bits per heavy atom. The average Bonchev–Trinajstić information content (AvgIpc) is 2.96. The van der Waals surface area contributed by atoms with Gasteiger partial charge in [-0.1, -0.05) is 18.2 Å². The summed E-state index contributed by atoms with van der Waals surface area (Å²) in [4.78, 5) is 26.9. The number of fused-ring (bicyclic) bond motifs is 2. The molecular weight excluding hydrogens is 356 g/mol. The molecule has 2 heterocycles. The van der Waals surface area contributed by atoms with Crippen LogP contribution in [0, 0.1) is 17.8 Å². The molecule has 3 unspecified atom stereocenters. The van der Waals surface area contributed by atoms with Crippen molar-refractivity contribution in [1.82, 2.24) is 10.2 Å². The number of benzene rings is 1. The van der Waals surface area contributed by atoms with Crippen molar-refractivity contribution in [2.45, 2.75) is 51.7 Å². The van der Waals surface area contributed by atoms with Crippen molar-refractivity contribution in [3.8, 4) is 5.75 Å². The van der Waals surface area contributed by atoms with Gasteiger partial charge >= 0.3 is 6.09 Å². The summed E-state index contributed by atoms with van der Waals surface area (Å²) in [6.07, 6.45) is -0.279. The molecule has 1 N–H and O–H groups in total. The average molecular weight is 386 g/mol. The standard InChI is InChI=1S/C22H30N2O4/c1-21(2,3)28-20(26)24-10-14-15(11-24)18(14)19(25)23-22(4,5)16-12-27-17-9-7-6-8-13(16)17/h6-9,14-16,18H,10-12H2,1-5H3,(H,23,25)/t14-,15?,16?,18?/m0/s1. The normalized spacial score (nSPS) is 28.2. The van der Waals surface area contributed by atoms with Gasteiger partial charge in [0.15, 0.2) is 0 Å². The highest BCUT2D eigenvalue weighted by Gasteiger charge is 2.61. The highest BCUT2D eigenvalue weighted by molar-refractivity contribution is 5.84. The van der Waals surface area contributed by atoms with E-state index in [-0.39, 0.29) is 35.7 Å². The lowest BCUT2D eigenvalue weighted by molar-refractivity contribution is -0.125. The van der Waals surface area contributed by atoms with E-state index in [9.17, 15) is 9.59 Å². The van der Waals surface area contributed by atoms with Crippen LogP contribution >= 0.6 is 0 Å². The number of para-hydroxylation sites is 1. The van der Waals surface area contributed by atoms with E-state index in [1.165, 1.54) is 0 Å². The molecule has 3 aliphatic rings. The van der Waals surface area contributed by atoms with Crippen molar-refractivity contribution < 1.29 is 19.1 Å². The summed E-state index contributed by atoms with van der Waals surface area (Å²) in [6.45, 7) is 11.5. The summed E-state index contributed by atoms with van der Waals surface area (Å²) in [7, 11) is 0. The SMILES string of the molecule is CC(C)(C)OC(=O)N1CC2C(C(=O)NC(C)(C)C3COc4ccccc43)[C@H]2C1. The van der Waals surface area contributed by atoms with Crippen LogP contribution in [0.4, 0.5) is 4.79 Å². The summed E-state index contributed by atoms with van der Waals surface area (Å²) in [5.41, 5.74) is 0.260. The topological polar surface area (TPSA) is 67.9 Å². The van der Waals surface area contributed by atoms with Gasteiger partial charge in [-0.15, -0.1) is 0 Å². The molecule has 2 aliphatic heterocycles. The molecule has 1 saturated carbocycles. The minimum Gasteiger partial charge on any atom is -0.493 e. The number of hydrogen-bond donors (Lipinski definition) is 1. The zero-order chi connectivity index (χ0) is 20.3. The van der Waals surface area contributed by atoms with E-state index in [0.717, 1.165) is 11.3 Å². The minimum absolute atomic E-state index is 0.00414. The Kier molecular flexibility index (Phi) is 4.36. The predicted molar refractivity (Wildman–Crippen MR) is 105 cm³/mol. The van der Waals surface area contributed by atoms with Gasteiger partial charge in [-0.05, 0) is 52.5 Å². The van der Waals surface area contributed by atoms with Gasteiger partial charge in [0, 0.05) is 36.0 Å². The molecule has 4 atom stereocenters. The van der Waals surface area contributed by atoms with Gasteiger partial charge in [0.1, 0.15) is 11.4 Å². The second kappa shape index (κ2) is 6.39. The quantitative estimate of drug-likeness (QED) is 0.866. The van der Waals surface area contributed by atoms with Crippen molar-refractivity contribution in [2.24, 2.45) is 17.8 Å². The van der Waals surface area contributed by atoms with E-state index in [4.69, 9.17) is 9.47 Å². The zero-order valence-electron chi connectivity index (χ0n) is 17.3. The minimum atomic E-state index is -0.496. The second-order valence-electron chi connectivity index (χ2n) is 9.85.